The van der Waals surface area contributed by atoms with Crippen LogP contribution in [-0.2, 0) is 16.0 Å². The lowest BCUT2D eigenvalue weighted by molar-refractivity contribution is -0.120. The number of hydrogen-bond donors (Lipinski definition) is 2. The van der Waals surface area contributed by atoms with Crippen LogP contribution < -0.4 is 10.6 Å². The van der Waals surface area contributed by atoms with E-state index < -0.39 is 24.1 Å². The Morgan fingerprint density at radius 3 is 2.96 bits per heavy atom. The van der Waals surface area contributed by atoms with E-state index in [1.807, 2.05) is 19.1 Å². The fourth-order valence-corrected chi connectivity index (χ4v) is 3.09. The molecule has 2 atom stereocenters. The number of hydrogen-bond acceptors (Lipinski definition) is 5. The van der Waals surface area contributed by atoms with Crippen molar-refractivity contribution < 1.29 is 18.7 Å². The van der Waals surface area contributed by atoms with E-state index in [4.69, 9.17) is 15.6 Å². The summed E-state index contributed by atoms with van der Waals surface area (Å²) in [5, 5.41) is 4.74. The van der Waals surface area contributed by atoms with Gasteiger partial charge in [0.25, 0.3) is 5.91 Å². The van der Waals surface area contributed by atoms with Gasteiger partial charge in [0.05, 0.1) is 0 Å². The van der Waals surface area contributed by atoms with Crippen molar-refractivity contribution in [3.8, 4) is 12.3 Å². The van der Waals surface area contributed by atoms with Crippen LogP contribution >= 0.6 is 0 Å². The van der Waals surface area contributed by atoms with Crippen molar-refractivity contribution in [3.05, 3.63) is 52.6 Å². The first-order valence-corrected chi connectivity index (χ1v) is 8.82. The quantitative estimate of drug-likeness (QED) is 0.451. The Balaban J connectivity index is 1.77. The number of amides is 3. The highest BCUT2D eigenvalue weighted by molar-refractivity contribution is 6.04. The van der Waals surface area contributed by atoms with Gasteiger partial charge in [-0.25, -0.2) is 4.79 Å². The summed E-state index contributed by atoms with van der Waals surface area (Å²) in [6, 6.07) is 0.484. The van der Waals surface area contributed by atoms with Crippen molar-refractivity contribution in [1.82, 2.24) is 10.6 Å². The van der Waals surface area contributed by atoms with E-state index in [0.29, 0.717) is 24.4 Å². The average Bonchev–Trinajstić information content (AvgIpc) is 3.18. The Labute approximate surface area is 163 Å². The van der Waals surface area contributed by atoms with E-state index in [2.05, 4.69) is 27.6 Å². The minimum Gasteiger partial charge on any atom is -0.459 e. The standard InChI is InChI=1S/C21H21N3O4/c1-4-16(27-3)15(12-22-5-2)10-13-6-8-14-11-18(28-17(14)9-7-13)19-20(25)24-21(26)23-19/h1,5-7,9,11-12,16,19H,8,10H2,2-3H3,(H2,23,24,25,26)/b15-12-,22-5?. The Kier molecular flexibility index (Phi) is 5.92. The number of aliphatic imine (C=N–C) groups is 1. The van der Waals surface area contributed by atoms with E-state index in [1.165, 1.54) is 0 Å². The topological polar surface area (TPSA) is 92.9 Å². The molecule has 0 bridgehead atoms. The zero-order valence-electron chi connectivity index (χ0n) is 15.7. The fourth-order valence-electron chi connectivity index (χ4n) is 3.09. The minimum atomic E-state index is -0.796. The van der Waals surface area contributed by atoms with Crippen LogP contribution in [0.3, 0.4) is 0 Å². The molecule has 7 nitrogen and oxygen atoms in total. The molecule has 3 amide bonds. The first-order valence-electron chi connectivity index (χ1n) is 8.82. The van der Waals surface area contributed by atoms with Crippen LogP contribution in [0.5, 0.6) is 0 Å². The molecule has 0 spiro atoms. The summed E-state index contributed by atoms with van der Waals surface area (Å²) in [7, 11) is 1.57. The van der Waals surface area contributed by atoms with Gasteiger partial charge < -0.3 is 14.5 Å². The lowest BCUT2D eigenvalue weighted by Crippen LogP contribution is -2.22. The van der Waals surface area contributed by atoms with E-state index in [0.717, 1.165) is 16.7 Å². The number of carbonyl (C=O) groups is 2. The van der Waals surface area contributed by atoms with Crippen molar-refractivity contribution in [2.75, 3.05) is 7.11 Å². The van der Waals surface area contributed by atoms with Crippen LogP contribution in [-0.4, -0.2) is 31.4 Å². The van der Waals surface area contributed by atoms with Crippen molar-refractivity contribution in [2.24, 2.45) is 4.99 Å². The van der Waals surface area contributed by atoms with Crippen LogP contribution in [0.1, 0.15) is 36.5 Å². The maximum Gasteiger partial charge on any atom is 0.322 e. The van der Waals surface area contributed by atoms with E-state index in [1.54, 1.807) is 25.6 Å². The lowest BCUT2D eigenvalue weighted by atomic mass is 10.0. The zero-order chi connectivity index (χ0) is 20.1. The third-order valence-corrected chi connectivity index (χ3v) is 4.47. The van der Waals surface area contributed by atoms with Crippen molar-refractivity contribution >= 4 is 24.2 Å². The number of carbonyl (C=O) groups excluding carboxylic acids is 2. The lowest BCUT2D eigenvalue weighted by Gasteiger charge is -2.13. The molecule has 1 saturated heterocycles. The van der Waals surface area contributed by atoms with Crippen molar-refractivity contribution in [1.29, 1.82) is 0 Å². The van der Waals surface area contributed by atoms with Gasteiger partial charge in [-0.1, -0.05) is 18.1 Å². The van der Waals surface area contributed by atoms with Crippen LogP contribution in [0.15, 0.2) is 45.0 Å². The average molecular weight is 379 g/mol. The summed E-state index contributed by atoms with van der Waals surface area (Å²) in [6.07, 6.45) is 15.6. The highest BCUT2D eigenvalue weighted by atomic mass is 16.5. The summed E-state index contributed by atoms with van der Waals surface area (Å²) >= 11 is 0. The summed E-state index contributed by atoms with van der Waals surface area (Å²) < 4.78 is 11.2. The third-order valence-electron chi connectivity index (χ3n) is 4.47. The maximum atomic E-state index is 11.8. The highest BCUT2D eigenvalue weighted by Crippen LogP contribution is 2.29. The van der Waals surface area contributed by atoms with Crippen LogP contribution in [0, 0.1) is 12.3 Å². The molecule has 2 N–H and O–H groups in total. The Bertz CT molecular complexity index is 943. The summed E-state index contributed by atoms with van der Waals surface area (Å²) in [5.41, 5.74) is 2.87. The molecule has 28 heavy (non-hydrogen) atoms. The molecule has 0 radical (unpaired) electrons. The number of methoxy groups -OCH3 is 1. The van der Waals surface area contributed by atoms with E-state index in [-0.39, 0.29) is 0 Å². The second-order valence-electron chi connectivity index (χ2n) is 6.32. The second kappa shape index (κ2) is 8.55. The molecule has 3 rings (SSSR count). The van der Waals surface area contributed by atoms with Gasteiger partial charge in [-0.15, -0.1) is 6.42 Å². The molecule has 2 heterocycles. The molecular weight excluding hydrogens is 358 g/mol. The molecule has 1 aliphatic carbocycles. The summed E-state index contributed by atoms with van der Waals surface area (Å²) in [6.45, 7) is 1.83. The molecule has 2 aliphatic rings. The van der Waals surface area contributed by atoms with Crippen LogP contribution in [0.2, 0.25) is 0 Å². The van der Waals surface area contributed by atoms with Crippen LogP contribution in [0.4, 0.5) is 4.79 Å². The van der Waals surface area contributed by atoms with Gasteiger partial charge >= 0.3 is 6.03 Å². The van der Waals surface area contributed by atoms with Gasteiger partial charge in [0.1, 0.15) is 17.6 Å². The number of nitrogens with zero attached hydrogens (tertiary/aromatic N) is 1. The molecule has 7 heteroatoms. The largest absolute Gasteiger partial charge is 0.459 e. The van der Waals surface area contributed by atoms with Gasteiger partial charge in [-0.3, -0.25) is 15.1 Å². The molecule has 2 unspecified atom stereocenters. The molecule has 144 valence electrons. The Hall–Kier alpha value is -3.37. The van der Waals surface area contributed by atoms with E-state index >= 15 is 0 Å². The Morgan fingerprint density at radius 1 is 1.50 bits per heavy atom. The SMILES string of the molecule is C#CC(OC)/C(=C\N=CC)CC1=CCc2cc(C3NC(=O)NC3=O)oc2C=C1. The minimum absolute atomic E-state index is 0.416. The number of terminal acetylenes is 1. The number of ether oxygens (including phenoxy) is 1. The molecule has 1 aromatic heterocycles. The van der Waals surface area contributed by atoms with E-state index in [9.17, 15) is 9.59 Å². The number of nitrogens with one attached hydrogen (secondary N) is 2. The molecular formula is C21H21N3O4. The fraction of sp³-hybridized carbons (Fsp3) is 0.286. The van der Waals surface area contributed by atoms with Gasteiger partial charge in [-0.2, -0.15) is 0 Å². The second-order valence-corrected chi connectivity index (χ2v) is 6.32. The Morgan fingerprint density at radius 2 is 2.32 bits per heavy atom. The van der Waals surface area contributed by atoms with Crippen molar-refractivity contribution in [2.45, 2.75) is 31.9 Å². The summed E-state index contributed by atoms with van der Waals surface area (Å²) in [5.74, 6) is 3.28. The first-order chi connectivity index (χ1) is 13.5. The number of imide groups is 1. The molecule has 1 fully saturated rings. The molecule has 0 aromatic carbocycles. The third kappa shape index (κ3) is 4.13. The number of fused-ring (bicyclic) bond motifs is 1. The number of furan rings is 1. The number of allylic oxidation sites excluding steroid dienone is 3. The van der Waals surface area contributed by atoms with Gasteiger partial charge in [0.2, 0.25) is 0 Å². The molecule has 1 aromatic rings. The first kappa shape index (κ1) is 19.4. The predicted molar refractivity (Wildman–Crippen MR) is 105 cm³/mol. The van der Waals surface area contributed by atoms with Gasteiger partial charge in [-0.05, 0) is 43.1 Å². The highest BCUT2D eigenvalue weighted by Gasteiger charge is 2.34. The van der Waals surface area contributed by atoms with Crippen molar-refractivity contribution in [3.63, 3.8) is 0 Å². The molecule has 0 saturated carbocycles. The number of urea groups is 1. The predicted octanol–water partition coefficient (Wildman–Crippen LogP) is 2.67. The maximum absolute atomic E-state index is 11.8. The van der Waals surface area contributed by atoms with Crippen LogP contribution in [0.25, 0.3) is 6.08 Å². The summed E-state index contributed by atoms with van der Waals surface area (Å²) in [4.78, 5) is 27.3. The normalized spacial score (nSPS) is 20.2. The molecule has 1 aliphatic heterocycles. The van der Waals surface area contributed by atoms with Gasteiger partial charge in [0.15, 0.2) is 6.04 Å². The number of rotatable bonds is 6. The zero-order valence-corrected chi connectivity index (χ0v) is 15.7. The van der Waals surface area contributed by atoms with Gasteiger partial charge in [0, 0.05) is 25.1 Å². The smallest absolute Gasteiger partial charge is 0.322 e. The monoisotopic (exact) mass is 379 g/mol.